The van der Waals surface area contributed by atoms with Gasteiger partial charge in [-0.05, 0) is 35.9 Å². The first-order chi connectivity index (χ1) is 14.5. The third kappa shape index (κ3) is 3.39. The van der Waals surface area contributed by atoms with Gasteiger partial charge in [0.25, 0.3) is 5.91 Å². The predicted molar refractivity (Wildman–Crippen MR) is 114 cm³/mol. The third-order valence-corrected chi connectivity index (χ3v) is 5.52. The highest BCUT2D eigenvalue weighted by Crippen LogP contribution is 2.45. The number of carbonyl (C=O) groups is 1. The Morgan fingerprint density at radius 1 is 1.20 bits per heavy atom. The highest BCUT2D eigenvalue weighted by atomic mass is 35.5. The maximum atomic E-state index is 12.8. The zero-order valence-corrected chi connectivity index (χ0v) is 17.8. The van der Waals surface area contributed by atoms with Crippen LogP contribution in [0.5, 0.6) is 11.5 Å². The number of hydrogen-bond acceptors (Lipinski definition) is 5. The summed E-state index contributed by atoms with van der Waals surface area (Å²) in [6.45, 7) is -0.0314. The highest BCUT2D eigenvalue weighted by Gasteiger charge is 2.32. The fourth-order valence-corrected chi connectivity index (χ4v) is 3.99. The Labute approximate surface area is 183 Å². The standard InChI is InChI=1S/C21H19Cl2N3O4/c1-29-17-8-11-7-14-19(21(28)24-5-6-27)25-26(16-9-12(22)3-4-15(16)23)20(14)13(11)10-18(17)30-2/h3-4,8-10,27H,5-7H2,1-2H3,(H,24,28). The Morgan fingerprint density at radius 3 is 2.63 bits per heavy atom. The van der Waals surface area contributed by atoms with Gasteiger partial charge in [0.15, 0.2) is 17.2 Å². The fourth-order valence-electron chi connectivity index (χ4n) is 3.63. The van der Waals surface area contributed by atoms with Crippen molar-refractivity contribution in [3.63, 3.8) is 0 Å². The molecule has 3 aromatic rings. The highest BCUT2D eigenvalue weighted by molar-refractivity contribution is 6.34. The van der Waals surface area contributed by atoms with E-state index < -0.39 is 0 Å². The zero-order chi connectivity index (χ0) is 21.4. The number of aliphatic hydroxyl groups is 1. The van der Waals surface area contributed by atoms with E-state index in [0.717, 1.165) is 22.4 Å². The minimum Gasteiger partial charge on any atom is -0.493 e. The van der Waals surface area contributed by atoms with Gasteiger partial charge in [0.05, 0.1) is 37.2 Å². The summed E-state index contributed by atoms with van der Waals surface area (Å²) in [5.74, 6) is 0.803. The lowest BCUT2D eigenvalue weighted by atomic mass is 10.1. The number of aromatic nitrogens is 2. The van der Waals surface area contributed by atoms with Crippen LogP contribution in [0.3, 0.4) is 0 Å². The lowest BCUT2D eigenvalue weighted by Gasteiger charge is -2.13. The Balaban J connectivity index is 1.95. The van der Waals surface area contributed by atoms with Crippen molar-refractivity contribution in [1.82, 2.24) is 15.1 Å². The van der Waals surface area contributed by atoms with Crippen LogP contribution in [0.15, 0.2) is 30.3 Å². The maximum Gasteiger partial charge on any atom is 0.272 e. The van der Waals surface area contributed by atoms with Crippen LogP contribution in [0.25, 0.3) is 16.9 Å². The van der Waals surface area contributed by atoms with E-state index in [0.29, 0.717) is 33.7 Å². The van der Waals surface area contributed by atoms with Crippen molar-refractivity contribution in [2.45, 2.75) is 6.42 Å². The topological polar surface area (TPSA) is 85.6 Å². The number of fused-ring (bicyclic) bond motifs is 3. The first-order valence-electron chi connectivity index (χ1n) is 9.20. The van der Waals surface area contributed by atoms with Crippen LogP contribution < -0.4 is 14.8 Å². The molecule has 2 N–H and O–H groups in total. The number of ether oxygens (including phenoxy) is 2. The Bertz CT molecular complexity index is 1140. The monoisotopic (exact) mass is 447 g/mol. The van der Waals surface area contributed by atoms with E-state index in [-0.39, 0.29) is 24.8 Å². The average Bonchev–Trinajstić information content (AvgIpc) is 3.29. The smallest absolute Gasteiger partial charge is 0.272 e. The van der Waals surface area contributed by atoms with Crippen molar-refractivity contribution in [1.29, 1.82) is 0 Å². The molecule has 0 saturated heterocycles. The number of aliphatic hydroxyl groups excluding tert-OH is 1. The molecule has 0 radical (unpaired) electrons. The van der Waals surface area contributed by atoms with Gasteiger partial charge in [-0.2, -0.15) is 5.10 Å². The number of nitrogens with zero attached hydrogens (tertiary/aromatic N) is 2. The van der Waals surface area contributed by atoms with Gasteiger partial charge in [0.1, 0.15) is 0 Å². The number of amides is 1. The van der Waals surface area contributed by atoms with Gasteiger partial charge in [-0.3, -0.25) is 4.79 Å². The van der Waals surface area contributed by atoms with Gasteiger partial charge in [-0.15, -0.1) is 0 Å². The number of rotatable bonds is 6. The lowest BCUT2D eigenvalue weighted by molar-refractivity contribution is 0.0938. The van der Waals surface area contributed by atoms with Gasteiger partial charge in [0, 0.05) is 29.1 Å². The van der Waals surface area contributed by atoms with E-state index in [1.807, 2.05) is 12.1 Å². The molecule has 0 fully saturated rings. The van der Waals surface area contributed by atoms with Crippen molar-refractivity contribution in [3.05, 3.63) is 57.2 Å². The molecule has 1 aromatic heterocycles. The molecular formula is C21H19Cl2N3O4. The molecule has 0 atom stereocenters. The molecule has 156 valence electrons. The number of hydrogen-bond donors (Lipinski definition) is 2. The average molecular weight is 448 g/mol. The molecule has 1 heterocycles. The molecule has 4 rings (SSSR count). The van der Waals surface area contributed by atoms with Crippen LogP contribution >= 0.6 is 23.2 Å². The number of carbonyl (C=O) groups excluding carboxylic acids is 1. The molecular weight excluding hydrogens is 429 g/mol. The summed E-state index contributed by atoms with van der Waals surface area (Å²) in [6, 6.07) is 8.84. The number of halogens is 2. The quantitative estimate of drug-likeness (QED) is 0.472. The summed E-state index contributed by atoms with van der Waals surface area (Å²) in [5, 5.41) is 17.2. The van der Waals surface area contributed by atoms with Crippen LogP contribution in [-0.2, 0) is 6.42 Å². The molecule has 30 heavy (non-hydrogen) atoms. The van der Waals surface area contributed by atoms with Crippen LogP contribution in [0, 0.1) is 0 Å². The Hall–Kier alpha value is -2.74. The van der Waals surface area contributed by atoms with Crippen LogP contribution in [-0.4, -0.2) is 48.2 Å². The van der Waals surface area contributed by atoms with E-state index in [2.05, 4.69) is 10.4 Å². The third-order valence-electron chi connectivity index (χ3n) is 4.96. The van der Waals surface area contributed by atoms with Gasteiger partial charge in [0.2, 0.25) is 0 Å². The minimum atomic E-state index is -0.371. The molecule has 2 aromatic carbocycles. The number of methoxy groups -OCH3 is 2. The van der Waals surface area contributed by atoms with E-state index in [1.165, 1.54) is 0 Å². The predicted octanol–water partition coefficient (Wildman–Crippen LogP) is 3.49. The largest absolute Gasteiger partial charge is 0.493 e. The van der Waals surface area contributed by atoms with E-state index in [4.69, 9.17) is 37.8 Å². The molecule has 0 spiro atoms. The SMILES string of the molecule is COc1cc2c(cc1OC)-c1c(c(C(=O)NCCO)nn1-c1cc(Cl)ccc1Cl)C2. The molecule has 0 aliphatic heterocycles. The van der Waals surface area contributed by atoms with Crippen molar-refractivity contribution < 1.29 is 19.4 Å². The van der Waals surface area contributed by atoms with Gasteiger partial charge in [-0.25, -0.2) is 4.68 Å². The molecule has 9 heteroatoms. The summed E-state index contributed by atoms with van der Waals surface area (Å²) in [4.78, 5) is 12.8. The van der Waals surface area contributed by atoms with E-state index in [1.54, 1.807) is 37.1 Å². The second-order valence-electron chi connectivity index (χ2n) is 6.70. The summed E-state index contributed by atoms with van der Waals surface area (Å²) >= 11 is 12.6. The summed E-state index contributed by atoms with van der Waals surface area (Å²) in [7, 11) is 3.15. The summed E-state index contributed by atoms with van der Waals surface area (Å²) < 4.78 is 12.5. The minimum absolute atomic E-state index is 0.132. The Kier molecular flexibility index (Phi) is 5.60. The lowest BCUT2D eigenvalue weighted by Crippen LogP contribution is -2.27. The van der Waals surface area contributed by atoms with Gasteiger partial charge >= 0.3 is 0 Å². The fraction of sp³-hybridized carbons (Fsp3) is 0.238. The molecule has 0 unspecified atom stereocenters. The van der Waals surface area contributed by atoms with Crippen molar-refractivity contribution >= 4 is 29.1 Å². The van der Waals surface area contributed by atoms with Gasteiger partial charge in [-0.1, -0.05) is 23.2 Å². The van der Waals surface area contributed by atoms with E-state index >= 15 is 0 Å². The second-order valence-corrected chi connectivity index (χ2v) is 7.55. The van der Waals surface area contributed by atoms with Crippen molar-refractivity contribution in [2.24, 2.45) is 0 Å². The van der Waals surface area contributed by atoms with Gasteiger partial charge < -0.3 is 19.9 Å². The number of nitrogens with one attached hydrogen (secondary N) is 1. The van der Waals surface area contributed by atoms with Crippen LogP contribution in [0.1, 0.15) is 21.6 Å². The molecule has 1 aliphatic carbocycles. The summed E-state index contributed by atoms with van der Waals surface area (Å²) in [6.07, 6.45) is 0.491. The first kappa shape index (κ1) is 20.5. The zero-order valence-electron chi connectivity index (χ0n) is 16.3. The molecule has 1 aliphatic rings. The maximum absolute atomic E-state index is 12.8. The van der Waals surface area contributed by atoms with Crippen molar-refractivity contribution in [2.75, 3.05) is 27.4 Å². The number of benzene rings is 2. The van der Waals surface area contributed by atoms with Crippen molar-refractivity contribution in [3.8, 4) is 28.4 Å². The molecule has 1 amide bonds. The molecule has 0 saturated carbocycles. The Morgan fingerprint density at radius 2 is 1.93 bits per heavy atom. The molecule has 0 bridgehead atoms. The van der Waals surface area contributed by atoms with Crippen LogP contribution in [0.4, 0.5) is 0 Å². The second kappa shape index (κ2) is 8.18. The molecule has 7 nitrogen and oxygen atoms in total. The normalized spacial score (nSPS) is 11.8. The van der Waals surface area contributed by atoms with Crippen LogP contribution in [0.2, 0.25) is 10.0 Å². The first-order valence-corrected chi connectivity index (χ1v) is 9.95. The van der Waals surface area contributed by atoms with E-state index in [9.17, 15) is 4.79 Å². The summed E-state index contributed by atoms with van der Waals surface area (Å²) in [5.41, 5.74) is 4.17.